The summed E-state index contributed by atoms with van der Waals surface area (Å²) in [5.74, 6) is 0.346. The molecule has 1 aromatic carbocycles. The minimum atomic E-state index is -3.42. The van der Waals surface area contributed by atoms with Crippen LogP contribution in [0.2, 0.25) is 0 Å². The average molecular weight is 299 g/mol. The number of sulfonamides is 1. The molecule has 0 spiro atoms. The van der Waals surface area contributed by atoms with Crippen LogP contribution < -0.4 is 9.46 Å². The van der Waals surface area contributed by atoms with E-state index in [0.29, 0.717) is 11.3 Å². The van der Waals surface area contributed by atoms with Gasteiger partial charge in [-0.25, -0.2) is 13.1 Å². The van der Waals surface area contributed by atoms with Gasteiger partial charge in [-0.3, -0.25) is 0 Å². The highest BCUT2D eigenvalue weighted by Crippen LogP contribution is 2.26. The molecule has 2 N–H and O–H groups in total. The van der Waals surface area contributed by atoms with Crippen LogP contribution in [0, 0.1) is 0 Å². The van der Waals surface area contributed by atoms with Crippen LogP contribution in [0.15, 0.2) is 29.7 Å². The minimum absolute atomic E-state index is 0.0265. The second-order valence-electron chi connectivity index (χ2n) is 4.39. The van der Waals surface area contributed by atoms with Crippen LogP contribution in [0.3, 0.4) is 0 Å². The van der Waals surface area contributed by atoms with Crippen molar-refractivity contribution in [2.24, 2.45) is 0 Å². The van der Waals surface area contributed by atoms with E-state index in [1.807, 2.05) is 0 Å². The van der Waals surface area contributed by atoms with E-state index in [4.69, 9.17) is 4.74 Å². The number of hydrogen-bond acceptors (Lipinski definition) is 4. The zero-order valence-electron chi connectivity index (χ0n) is 11.8. The summed E-state index contributed by atoms with van der Waals surface area (Å²) < 4.78 is 30.9. The quantitative estimate of drug-likeness (QED) is 0.723. The first-order valence-electron chi connectivity index (χ1n) is 6.50. The average Bonchev–Trinajstić information content (AvgIpc) is 2.43. The molecule has 0 aliphatic rings. The maximum absolute atomic E-state index is 11.7. The van der Waals surface area contributed by atoms with E-state index in [1.165, 1.54) is 18.6 Å². The molecule has 0 aromatic heterocycles. The van der Waals surface area contributed by atoms with Crippen LogP contribution in [0.25, 0.3) is 0 Å². The van der Waals surface area contributed by atoms with E-state index >= 15 is 0 Å². The lowest BCUT2D eigenvalue weighted by Gasteiger charge is -2.07. The third-order valence-corrected chi connectivity index (χ3v) is 3.82. The monoisotopic (exact) mass is 299 g/mol. The molecule has 20 heavy (non-hydrogen) atoms. The second-order valence-corrected chi connectivity index (χ2v) is 6.04. The first-order chi connectivity index (χ1) is 9.48. The molecular formula is C14H21NO4S. The van der Waals surface area contributed by atoms with Gasteiger partial charge in [-0.15, -0.1) is 0 Å². The van der Waals surface area contributed by atoms with Crippen LogP contribution in [0.5, 0.6) is 11.5 Å². The second kappa shape index (κ2) is 7.91. The van der Waals surface area contributed by atoms with Gasteiger partial charge in [0.15, 0.2) is 11.5 Å². The zero-order valence-corrected chi connectivity index (χ0v) is 12.6. The Bertz CT molecular complexity index is 552. The van der Waals surface area contributed by atoms with Crippen molar-refractivity contribution in [1.29, 1.82) is 0 Å². The lowest BCUT2D eigenvalue weighted by atomic mass is 10.2. The molecule has 0 radical (unpaired) electrons. The topological polar surface area (TPSA) is 75.6 Å². The fourth-order valence-corrected chi connectivity index (χ4v) is 2.43. The number of phenols is 1. The molecule has 0 unspecified atom stereocenters. The van der Waals surface area contributed by atoms with Crippen molar-refractivity contribution in [2.75, 3.05) is 7.11 Å². The highest BCUT2D eigenvalue weighted by molar-refractivity contribution is 7.92. The van der Waals surface area contributed by atoms with Gasteiger partial charge in [-0.05, 0) is 24.1 Å². The minimum Gasteiger partial charge on any atom is -0.504 e. The molecule has 1 aromatic rings. The smallest absolute Gasteiger partial charge is 0.233 e. The summed E-state index contributed by atoms with van der Waals surface area (Å²) in [7, 11) is -1.98. The first kappa shape index (κ1) is 16.5. The third-order valence-electron chi connectivity index (χ3n) is 2.72. The molecule has 0 amide bonds. The summed E-state index contributed by atoms with van der Waals surface area (Å²) in [6.07, 6.45) is 4.42. The van der Waals surface area contributed by atoms with Crippen LogP contribution >= 0.6 is 0 Å². The lowest BCUT2D eigenvalue weighted by molar-refractivity contribution is 0.373. The van der Waals surface area contributed by atoms with E-state index in [-0.39, 0.29) is 12.3 Å². The van der Waals surface area contributed by atoms with Gasteiger partial charge in [0, 0.05) is 12.0 Å². The Morgan fingerprint density at radius 1 is 1.40 bits per heavy atom. The Morgan fingerprint density at radius 2 is 2.15 bits per heavy atom. The lowest BCUT2D eigenvalue weighted by Crippen LogP contribution is -2.20. The molecule has 0 heterocycles. The molecule has 112 valence electrons. The van der Waals surface area contributed by atoms with Gasteiger partial charge in [-0.1, -0.05) is 31.9 Å². The van der Waals surface area contributed by atoms with Crippen LogP contribution in [-0.2, 0) is 16.6 Å². The maximum atomic E-state index is 11.7. The summed E-state index contributed by atoms with van der Waals surface area (Å²) in [5, 5.41) is 10.6. The van der Waals surface area contributed by atoms with E-state index in [0.717, 1.165) is 19.3 Å². The van der Waals surface area contributed by atoms with Crippen molar-refractivity contribution in [1.82, 2.24) is 4.72 Å². The predicted octanol–water partition coefficient (Wildman–Crippen LogP) is 2.52. The SMILES string of the molecule is CCCCC=CS(=O)(=O)NCc1ccc(O)c(OC)c1. The molecule has 0 aliphatic heterocycles. The Labute approximate surface area is 120 Å². The Morgan fingerprint density at radius 3 is 2.80 bits per heavy atom. The van der Waals surface area contributed by atoms with Crippen molar-refractivity contribution in [3.63, 3.8) is 0 Å². The van der Waals surface area contributed by atoms with Gasteiger partial charge >= 0.3 is 0 Å². The summed E-state index contributed by atoms with van der Waals surface area (Å²) in [6, 6.07) is 4.71. The van der Waals surface area contributed by atoms with Crippen LogP contribution in [0.4, 0.5) is 0 Å². The number of aromatic hydroxyl groups is 1. The fraction of sp³-hybridized carbons (Fsp3) is 0.429. The fourth-order valence-electron chi connectivity index (χ4n) is 1.58. The molecule has 0 atom stereocenters. The van der Waals surface area contributed by atoms with Crippen molar-refractivity contribution < 1.29 is 18.3 Å². The predicted molar refractivity (Wildman–Crippen MR) is 79.1 cm³/mol. The van der Waals surface area contributed by atoms with Crippen molar-refractivity contribution in [3.8, 4) is 11.5 Å². The highest BCUT2D eigenvalue weighted by Gasteiger charge is 2.07. The van der Waals surface area contributed by atoms with Gasteiger partial charge in [-0.2, -0.15) is 0 Å². The van der Waals surface area contributed by atoms with Gasteiger partial charge in [0.1, 0.15) is 0 Å². The summed E-state index contributed by atoms with van der Waals surface area (Å²) in [4.78, 5) is 0. The van der Waals surface area contributed by atoms with Gasteiger partial charge < -0.3 is 9.84 Å². The standard InChI is InChI=1S/C14H21NO4S/c1-3-4-5-6-9-20(17,18)15-11-12-7-8-13(16)14(10-12)19-2/h6-10,15-16H,3-5,11H2,1-2H3. The normalized spacial score (nSPS) is 11.9. The molecule has 1 rings (SSSR count). The molecule has 6 heteroatoms. The summed E-state index contributed by atoms with van der Waals surface area (Å²) in [6.45, 7) is 2.20. The van der Waals surface area contributed by atoms with Crippen molar-refractivity contribution >= 4 is 10.0 Å². The molecular weight excluding hydrogens is 278 g/mol. The van der Waals surface area contributed by atoms with E-state index in [2.05, 4.69) is 11.6 Å². The van der Waals surface area contributed by atoms with E-state index in [9.17, 15) is 13.5 Å². The Kier molecular flexibility index (Phi) is 6.54. The largest absolute Gasteiger partial charge is 0.504 e. The van der Waals surface area contributed by atoms with Crippen molar-refractivity contribution in [2.45, 2.75) is 32.7 Å². The van der Waals surface area contributed by atoms with Crippen LogP contribution in [-0.4, -0.2) is 20.6 Å². The number of rotatable bonds is 8. The number of hydrogen-bond donors (Lipinski definition) is 2. The van der Waals surface area contributed by atoms with Crippen molar-refractivity contribution in [3.05, 3.63) is 35.2 Å². The molecule has 0 aliphatic carbocycles. The number of ether oxygens (including phenoxy) is 1. The molecule has 0 saturated heterocycles. The molecule has 5 nitrogen and oxygen atoms in total. The number of phenolic OH excluding ortho intramolecular Hbond substituents is 1. The van der Waals surface area contributed by atoms with Crippen LogP contribution in [0.1, 0.15) is 31.7 Å². The molecule has 0 saturated carbocycles. The van der Waals surface area contributed by atoms with E-state index in [1.54, 1.807) is 18.2 Å². The molecule has 0 bridgehead atoms. The van der Waals surface area contributed by atoms with Gasteiger partial charge in [0.25, 0.3) is 0 Å². The number of benzene rings is 1. The number of nitrogens with one attached hydrogen (secondary N) is 1. The third kappa shape index (κ3) is 5.63. The van der Waals surface area contributed by atoms with Gasteiger partial charge in [0.05, 0.1) is 7.11 Å². The number of methoxy groups -OCH3 is 1. The Balaban J connectivity index is 2.60. The number of allylic oxidation sites excluding steroid dienone is 1. The zero-order chi connectivity index (χ0) is 15.0. The summed E-state index contributed by atoms with van der Waals surface area (Å²) in [5.41, 5.74) is 0.713. The summed E-state index contributed by atoms with van der Waals surface area (Å²) >= 11 is 0. The number of unbranched alkanes of at least 4 members (excludes halogenated alkanes) is 2. The molecule has 0 fully saturated rings. The van der Waals surface area contributed by atoms with E-state index < -0.39 is 10.0 Å². The highest BCUT2D eigenvalue weighted by atomic mass is 32.2. The van der Waals surface area contributed by atoms with Gasteiger partial charge in [0.2, 0.25) is 10.0 Å². The Hall–Kier alpha value is -1.53. The maximum Gasteiger partial charge on any atom is 0.233 e. The first-order valence-corrected chi connectivity index (χ1v) is 8.05.